The van der Waals surface area contributed by atoms with E-state index >= 15 is 0 Å². The molecule has 42 heavy (non-hydrogen) atoms. The molecule has 214 valence electrons. The molecule has 1 aliphatic carbocycles. The minimum absolute atomic E-state index is 0.0274. The SMILES string of the molecule is COc1ccc(C2C(C#N)=C(N)N(c3nnc(SCC(=O)Nc4ccc(Cl)c(C(=O)O)c4)s3)C3=C2C(=O)CCC3)cc1. The van der Waals surface area contributed by atoms with Crippen molar-refractivity contribution >= 4 is 63.2 Å². The quantitative estimate of drug-likeness (QED) is 0.291. The Balaban J connectivity index is 1.38. The van der Waals surface area contributed by atoms with Gasteiger partial charge in [-0.2, -0.15) is 5.26 Å². The van der Waals surface area contributed by atoms with Crippen molar-refractivity contribution in [1.29, 1.82) is 5.26 Å². The fourth-order valence-corrected chi connectivity index (χ4v) is 6.76. The summed E-state index contributed by atoms with van der Waals surface area (Å²) in [6.07, 6.45) is 1.57. The van der Waals surface area contributed by atoms with E-state index in [2.05, 4.69) is 21.6 Å². The molecule has 1 aromatic heterocycles. The van der Waals surface area contributed by atoms with Gasteiger partial charge in [-0.1, -0.05) is 46.8 Å². The van der Waals surface area contributed by atoms with E-state index in [0.29, 0.717) is 51.4 Å². The smallest absolute Gasteiger partial charge is 0.337 e. The van der Waals surface area contributed by atoms with Gasteiger partial charge < -0.3 is 20.9 Å². The molecule has 5 rings (SSSR count). The molecule has 0 spiro atoms. The fraction of sp³-hybridized carbons (Fsp3) is 0.214. The van der Waals surface area contributed by atoms with Crippen molar-refractivity contribution in [3.63, 3.8) is 0 Å². The molecule has 1 amide bonds. The van der Waals surface area contributed by atoms with Gasteiger partial charge in [0.2, 0.25) is 11.0 Å². The molecule has 0 radical (unpaired) electrons. The van der Waals surface area contributed by atoms with Crippen molar-refractivity contribution < 1.29 is 24.2 Å². The Morgan fingerprint density at radius 1 is 1.26 bits per heavy atom. The van der Waals surface area contributed by atoms with Crippen LogP contribution in [-0.4, -0.2) is 45.8 Å². The van der Waals surface area contributed by atoms with E-state index in [-0.39, 0.29) is 39.4 Å². The van der Waals surface area contributed by atoms with E-state index in [1.165, 1.54) is 29.5 Å². The summed E-state index contributed by atoms with van der Waals surface area (Å²) >= 11 is 8.20. The van der Waals surface area contributed by atoms with Gasteiger partial charge in [0.25, 0.3) is 0 Å². The number of benzene rings is 2. The van der Waals surface area contributed by atoms with Crippen molar-refractivity contribution in [2.45, 2.75) is 29.5 Å². The normalized spacial score (nSPS) is 16.6. The number of ketones is 1. The first-order valence-corrected chi connectivity index (χ1v) is 14.8. The van der Waals surface area contributed by atoms with Gasteiger partial charge in [0.1, 0.15) is 11.6 Å². The molecule has 3 aromatic rings. The molecule has 2 heterocycles. The molecule has 2 aromatic carbocycles. The predicted octanol–water partition coefficient (Wildman–Crippen LogP) is 4.93. The number of anilines is 2. The Bertz CT molecular complexity index is 1700. The number of allylic oxidation sites excluding steroid dienone is 3. The van der Waals surface area contributed by atoms with Crippen LogP contribution in [0, 0.1) is 11.3 Å². The number of halogens is 1. The lowest BCUT2D eigenvalue weighted by Crippen LogP contribution is -2.38. The number of nitrogens with one attached hydrogen (secondary N) is 1. The van der Waals surface area contributed by atoms with E-state index in [4.69, 9.17) is 22.1 Å². The van der Waals surface area contributed by atoms with Gasteiger partial charge in [-0.15, -0.1) is 10.2 Å². The first-order chi connectivity index (χ1) is 20.2. The minimum Gasteiger partial charge on any atom is -0.497 e. The number of carboxylic acid groups (broad SMARTS) is 1. The summed E-state index contributed by atoms with van der Waals surface area (Å²) in [6.45, 7) is 0. The molecule has 2 aliphatic rings. The van der Waals surface area contributed by atoms with Gasteiger partial charge in [0.05, 0.1) is 41.0 Å². The number of nitrogens with two attached hydrogens (primary N) is 1. The third-order valence-corrected chi connectivity index (χ3v) is 9.13. The number of hydrogen-bond donors (Lipinski definition) is 3. The number of aromatic nitrogens is 2. The molecular formula is C28H23ClN6O5S2. The van der Waals surface area contributed by atoms with Crippen molar-refractivity contribution in [2.24, 2.45) is 5.73 Å². The van der Waals surface area contributed by atoms with Crippen LogP contribution in [0.5, 0.6) is 5.75 Å². The van der Waals surface area contributed by atoms with Crippen molar-refractivity contribution in [1.82, 2.24) is 10.2 Å². The highest BCUT2D eigenvalue weighted by atomic mass is 35.5. The number of carboxylic acids is 1. The second kappa shape index (κ2) is 12.2. The number of methoxy groups -OCH3 is 1. The van der Waals surface area contributed by atoms with Crippen LogP contribution in [0.2, 0.25) is 5.02 Å². The van der Waals surface area contributed by atoms with Crippen LogP contribution in [0.4, 0.5) is 10.8 Å². The summed E-state index contributed by atoms with van der Waals surface area (Å²) in [5, 5.41) is 31.0. The van der Waals surface area contributed by atoms with Crippen molar-refractivity contribution in [2.75, 3.05) is 23.1 Å². The van der Waals surface area contributed by atoms with Crippen LogP contribution in [0.1, 0.15) is 41.1 Å². The topological polar surface area (TPSA) is 172 Å². The van der Waals surface area contributed by atoms with E-state index in [1.54, 1.807) is 24.1 Å². The maximum atomic E-state index is 13.3. The molecule has 1 unspecified atom stereocenters. The third kappa shape index (κ3) is 5.69. The number of aromatic carboxylic acids is 1. The second-order valence-electron chi connectivity index (χ2n) is 9.28. The zero-order valence-corrected chi connectivity index (χ0v) is 24.5. The van der Waals surface area contributed by atoms with E-state index < -0.39 is 11.9 Å². The Labute approximate surface area is 253 Å². The summed E-state index contributed by atoms with van der Waals surface area (Å²) < 4.78 is 5.73. The fourth-order valence-electron chi connectivity index (χ4n) is 4.88. The predicted molar refractivity (Wildman–Crippen MR) is 159 cm³/mol. The summed E-state index contributed by atoms with van der Waals surface area (Å²) in [4.78, 5) is 38.8. The Kier molecular flexibility index (Phi) is 8.49. The zero-order valence-electron chi connectivity index (χ0n) is 22.1. The highest BCUT2D eigenvalue weighted by Gasteiger charge is 2.41. The molecule has 0 bridgehead atoms. The molecule has 0 fully saturated rings. The Morgan fingerprint density at radius 3 is 2.71 bits per heavy atom. The number of amides is 1. The Morgan fingerprint density at radius 2 is 2.02 bits per heavy atom. The molecule has 1 aliphatic heterocycles. The highest BCUT2D eigenvalue weighted by molar-refractivity contribution is 8.01. The van der Waals surface area contributed by atoms with Gasteiger partial charge in [-0.25, -0.2) is 4.79 Å². The molecule has 4 N–H and O–H groups in total. The van der Waals surface area contributed by atoms with E-state index in [1.807, 2.05) is 12.1 Å². The zero-order chi connectivity index (χ0) is 30.0. The van der Waals surface area contributed by atoms with Gasteiger partial charge >= 0.3 is 5.97 Å². The number of Topliss-reactive ketones (excluding diaryl/α,β-unsaturated/α-hetero) is 1. The van der Waals surface area contributed by atoms with Gasteiger partial charge in [-0.3, -0.25) is 14.5 Å². The second-order valence-corrected chi connectivity index (χ2v) is 11.9. The Hall–Kier alpha value is -4.38. The lowest BCUT2D eigenvalue weighted by atomic mass is 9.76. The van der Waals surface area contributed by atoms with Gasteiger partial charge in [-0.05, 0) is 48.7 Å². The molecule has 11 nitrogen and oxygen atoms in total. The van der Waals surface area contributed by atoms with E-state index in [9.17, 15) is 24.8 Å². The maximum absolute atomic E-state index is 13.3. The average Bonchev–Trinajstić information content (AvgIpc) is 3.45. The van der Waals surface area contributed by atoms with Crippen LogP contribution in [0.25, 0.3) is 0 Å². The minimum atomic E-state index is -1.20. The van der Waals surface area contributed by atoms with Crippen LogP contribution < -0.4 is 20.7 Å². The first-order valence-electron chi connectivity index (χ1n) is 12.6. The molecule has 14 heteroatoms. The summed E-state index contributed by atoms with van der Waals surface area (Å²) in [5.41, 5.74) is 8.97. The molecule has 0 saturated carbocycles. The van der Waals surface area contributed by atoms with Crippen molar-refractivity contribution in [3.8, 4) is 11.8 Å². The number of nitrogens with zero attached hydrogens (tertiary/aromatic N) is 4. The number of carbonyl (C=O) groups is 3. The lowest BCUT2D eigenvalue weighted by Gasteiger charge is -2.38. The molecule has 1 atom stereocenters. The summed E-state index contributed by atoms with van der Waals surface area (Å²) in [6, 6.07) is 13.6. The lowest BCUT2D eigenvalue weighted by molar-refractivity contribution is -0.116. The van der Waals surface area contributed by atoms with Crippen LogP contribution in [0.15, 0.2) is 69.5 Å². The standard InChI is InChI=1S/C28H23ClN6O5S2/c1-40-16-8-5-14(6-9-16)23-18(12-30)25(31)35(20-3-2-4-21(36)24(20)23)27-33-34-28(42-27)41-13-22(37)32-15-7-10-19(29)17(11-15)26(38)39/h5-11,23H,2-4,13,31H2,1H3,(H,32,37)(H,38,39). The number of carbonyl (C=O) groups excluding carboxylic acids is 2. The van der Waals surface area contributed by atoms with Crippen molar-refractivity contribution in [3.05, 3.63) is 81.3 Å². The van der Waals surface area contributed by atoms with Crippen LogP contribution in [-0.2, 0) is 9.59 Å². The summed E-state index contributed by atoms with van der Waals surface area (Å²) in [5.74, 6) is -1.45. The number of hydrogen-bond acceptors (Lipinski definition) is 11. The molecule has 0 saturated heterocycles. The van der Waals surface area contributed by atoms with Gasteiger partial charge in [0.15, 0.2) is 10.1 Å². The third-order valence-electron chi connectivity index (χ3n) is 6.76. The number of rotatable bonds is 8. The number of thioether (sulfide) groups is 1. The number of nitriles is 1. The summed E-state index contributed by atoms with van der Waals surface area (Å²) in [7, 11) is 1.56. The average molecular weight is 623 g/mol. The van der Waals surface area contributed by atoms with Gasteiger partial charge in [0, 0.05) is 23.4 Å². The first kappa shape index (κ1) is 29.1. The molecular weight excluding hydrogens is 600 g/mol. The highest BCUT2D eigenvalue weighted by Crippen LogP contribution is 2.47. The monoisotopic (exact) mass is 622 g/mol. The van der Waals surface area contributed by atoms with E-state index in [0.717, 1.165) is 17.3 Å². The largest absolute Gasteiger partial charge is 0.497 e. The maximum Gasteiger partial charge on any atom is 0.337 e. The van der Waals surface area contributed by atoms with Crippen LogP contribution in [0.3, 0.4) is 0 Å². The van der Waals surface area contributed by atoms with Crippen LogP contribution >= 0.6 is 34.7 Å². The number of ether oxygens (including phenoxy) is 1.